The minimum atomic E-state index is 0.364. The Morgan fingerprint density at radius 2 is 2.07 bits per heavy atom. The van der Waals surface area contributed by atoms with Gasteiger partial charge in [0.25, 0.3) is 0 Å². The highest BCUT2D eigenvalue weighted by molar-refractivity contribution is 7.99. The molecule has 1 aliphatic rings. The Morgan fingerprint density at radius 1 is 1.36 bits per heavy atom. The average Bonchev–Trinajstić information content (AvgIpc) is 2.18. The molecule has 0 aliphatic carbocycles. The molecule has 1 fully saturated rings. The maximum Gasteiger partial charge on any atom is 0.0594 e. The van der Waals surface area contributed by atoms with Crippen LogP contribution in [0.2, 0.25) is 0 Å². The van der Waals surface area contributed by atoms with Gasteiger partial charge in [-0.2, -0.15) is 11.8 Å². The number of rotatable bonds is 6. The number of ether oxygens (including phenoxy) is 1. The van der Waals surface area contributed by atoms with Gasteiger partial charge in [0, 0.05) is 6.54 Å². The molecule has 1 rings (SSSR count). The van der Waals surface area contributed by atoms with Gasteiger partial charge in [0.2, 0.25) is 0 Å². The van der Waals surface area contributed by atoms with E-state index in [0.717, 1.165) is 19.1 Å². The molecule has 1 N–H and O–H groups in total. The van der Waals surface area contributed by atoms with Crippen molar-refractivity contribution in [2.45, 2.75) is 32.8 Å². The van der Waals surface area contributed by atoms with Gasteiger partial charge in [-0.1, -0.05) is 0 Å². The van der Waals surface area contributed by atoms with Gasteiger partial charge in [-0.25, -0.2) is 0 Å². The molecule has 0 aromatic carbocycles. The van der Waals surface area contributed by atoms with Crippen LogP contribution in [0.4, 0.5) is 0 Å². The van der Waals surface area contributed by atoms with E-state index in [4.69, 9.17) is 4.74 Å². The van der Waals surface area contributed by atoms with E-state index < -0.39 is 0 Å². The summed E-state index contributed by atoms with van der Waals surface area (Å²) in [7, 11) is 0. The summed E-state index contributed by atoms with van der Waals surface area (Å²) in [5.74, 6) is 3.62. The van der Waals surface area contributed by atoms with Crippen LogP contribution in [0.25, 0.3) is 0 Å². The molecular formula is C11H23NOS. The number of thioether (sulfide) groups is 1. The minimum absolute atomic E-state index is 0.364. The Bertz CT molecular complexity index is 135. The van der Waals surface area contributed by atoms with Crippen molar-refractivity contribution in [2.75, 3.05) is 31.2 Å². The quantitative estimate of drug-likeness (QED) is 0.689. The normalized spacial score (nSPS) is 19.1. The largest absolute Gasteiger partial charge is 0.377 e. The Kier molecular flexibility index (Phi) is 6.65. The van der Waals surface area contributed by atoms with Gasteiger partial charge < -0.3 is 10.1 Å². The van der Waals surface area contributed by atoms with Crippen molar-refractivity contribution in [1.29, 1.82) is 0 Å². The van der Waals surface area contributed by atoms with E-state index in [2.05, 4.69) is 30.9 Å². The Morgan fingerprint density at radius 3 is 2.71 bits per heavy atom. The second kappa shape index (κ2) is 7.55. The molecule has 3 heteroatoms. The maximum atomic E-state index is 5.46. The van der Waals surface area contributed by atoms with Crippen LogP contribution < -0.4 is 5.32 Å². The fraction of sp³-hybridized carbons (Fsp3) is 1.00. The van der Waals surface area contributed by atoms with Crippen LogP contribution in [0.5, 0.6) is 0 Å². The summed E-state index contributed by atoms with van der Waals surface area (Å²) in [6, 6.07) is 0. The lowest BCUT2D eigenvalue weighted by molar-refractivity contribution is 0.0803. The Hall–Kier alpha value is 0.270. The van der Waals surface area contributed by atoms with Crippen molar-refractivity contribution < 1.29 is 4.74 Å². The molecule has 0 aromatic heterocycles. The molecule has 0 saturated carbocycles. The van der Waals surface area contributed by atoms with Crippen LogP contribution in [-0.2, 0) is 4.74 Å². The number of nitrogens with one attached hydrogen (secondary N) is 1. The highest BCUT2D eigenvalue weighted by Gasteiger charge is 2.12. The van der Waals surface area contributed by atoms with Crippen molar-refractivity contribution in [3.8, 4) is 0 Å². The van der Waals surface area contributed by atoms with Crippen LogP contribution >= 0.6 is 11.8 Å². The number of hydrogen-bond donors (Lipinski definition) is 1. The molecule has 1 aliphatic heterocycles. The van der Waals surface area contributed by atoms with Gasteiger partial charge in [0.1, 0.15) is 0 Å². The van der Waals surface area contributed by atoms with E-state index >= 15 is 0 Å². The molecule has 0 aromatic rings. The topological polar surface area (TPSA) is 21.3 Å². The average molecular weight is 217 g/mol. The van der Waals surface area contributed by atoms with Crippen molar-refractivity contribution in [3.05, 3.63) is 0 Å². The minimum Gasteiger partial charge on any atom is -0.377 e. The van der Waals surface area contributed by atoms with E-state index in [0.29, 0.717) is 6.10 Å². The van der Waals surface area contributed by atoms with Crippen LogP contribution in [0.3, 0.4) is 0 Å². The molecule has 0 radical (unpaired) electrons. The van der Waals surface area contributed by atoms with Crippen molar-refractivity contribution in [2.24, 2.45) is 5.92 Å². The first-order valence-corrected chi connectivity index (χ1v) is 6.84. The summed E-state index contributed by atoms with van der Waals surface area (Å²) in [5, 5.41) is 3.48. The molecule has 0 spiro atoms. The molecule has 84 valence electrons. The van der Waals surface area contributed by atoms with Crippen LogP contribution in [0.15, 0.2) is 0 Å². The highest BCUT2D eigenvalue weighted by atomic mass is 32.2. The van der Waals surface area contributed by atoms with Crippen LogP contribution in [-0.4, -0.2) is 37.3 Å². The first-order chi connectivity index (χ1) is 6.79. The first-order valence-electron chi connectivity index (χ1n) is 5.69. The van der Waals surface area contributed by atoms with Crippen LogP contribution in [0.1, 0.15) is 26.7 Å². The SMILES string of the molecule is CC(C)OCCNCC1CCSCC1. The summed E-state index contributed by atoms with van der Waals surface area (Å²) >= 11 is 2.09. The molecule has 0 amide bonds. The summed E-state index contributed by atoms with van der Waals surface area (Å²) < 4.78 is 5.46. The van der Waals surface area contributed by atoms with Gasteiger partial charge in [-0.3, -0.25) is 0 Å². The molecule has 0 unspecified atom stereocenters. The van der Waals surface area contributed by atoms with Gasteiger partial charge >= 0.3 is 0 Å². The zero-order valence-corrected chi connectivity index (χ0v) is 10.2. The molecule has 1 heterocycles. The fourth-order valence-corrected chi connectivity index (χ4v) is 2.83. The molecule has 14 heavy (non-hydrogen) atoms. The Labute approximate surface area is 92.2 Å². The molecule has 0 bridgehead atoms. The Balaban J connectivity index is 1.87. The fourth-order valence-electron chi connectivity index (χ4n) is 1.62. The van der Waals surface area contributed by atoms with E-state index in [1.54, 1.807) is 0 Å². The molecule has 0 atom stereocenters. The monoisotopic (exact) mass is 217 g/mol. The summed E-state index contributed by atoms with van der Waals surface area (Å²) in [6.07, 6.45) is 3.15. The van der Waals surface area contributed by atoms with Crippen molar-refractivity contribution in [3.63, 3.8) is 0 Å². The van der Waals surface area contributed by atoms with Gasteiger partial charge in [-0.05, 0) is 50.7 Å². The summed E-state index contributed by atoms with van der Waals surface area (Å²) in [6.45, 7) is 7.19. The molecular weight excluding hydrogens is 194 g/mol. The predicted octanol–water partition coefficient (Wildman–Crippen LogP) is 2.14. The lowest BCUT2D eigenvalue weighted by Gasteiger charge is -2.21. The van der Waals surface area contributed by atoms with Crippen LogP contribution in [0, 0.1) is 5.92 Å². The zero-order chi connectivity index (χ0) is 10.2. The third-order valence-corrected chi connectivity index (χ3v) is 3.55. The second-order valence-electron chi connectivity index (χ2n) is 4.18. The van der Waals surface area contributed by atoms with E-state index in [-0.39, 0.29) is 0 Å². The third kappa shape index (κ3) is 5.89. The predicted molar refractivity (Wildman–Crippen MR) is 64.0 cm³/mol. The van der Waals surface area contributed by atoms with E-state index in [1.807, 2.05) is 0 Å². The van der Waals surface area contributed by atoms with Gasteiger partial charge in [-0.15, -0.1) is 0 Å². The maximum absolute atomic E-state index is 5.46. The standard InChI is InChI=1S/C11H23NOS/c1-10(2)13-6-5-12-9-11-3-7-14-8-4-11/h10-12H,3-9H2,1-2H3. The summed E-state index contributed by atoms with van der Waals surface area (Å²) in [5.41, 5.74) is 0. The number of hydrogen-bond acceptors (Lipinski definition) is 3. The lowest BCUT2D eigenvalue weighted by atomic mass is 10.0. The van der Waals surface area contributed by atoms with Gasteiger partial charge in [0.05, 0.1) is 12.7 Å². The smallest absolute Gasteiger partial charge is 0.0594 e. The molecule has 1 saturated heterocycles. The zero-order valence-electron chi connectivity index (χ0n) is 9.42. The molecule has 2 nitrogen and oxygen atoms in total. The van der Waals surface area contributed by atoms with E-state index in [1.165, 1.54) is 30.9 Å². The summed E-state index contributed by atoms with van der Waals surface area (Å²) in [4.78, 5) is 0. The highest BCUT2D eigenvalue weighted by Crippen LogP contribution is 2.21. The lowest BCUT2D eigenvalue weighted by Crippen LogP contribution is -2.29. The van der Waals surface area contributed by atoms with E-state index in [9.17, 15) is 0 Å². The first kappa shape index (κ1) is 12.3. The van der Waals surface area contributed by atoms with Crippen molar-refractivity contribution in [1.82, 2.24) is 5.32 Å². The van der Waals surface area contributed by atoms with Crippen molar-refractivity contribution >= 4 is 11.8 Å². The third-order valence-electron chi connectivity index (χ3n) is 2.50. The second-order valence-corrected chi connectivity index (χ2v) is 5.40. The van der Waals surface area contributed by atoms with Gasteiger partial charge in [0.15, 0.2) is 0 Å².